The summed E-state index contributed by atoms with van der Waals surface area (Å²) in [6.07, 6.45) is 4.55. The highest BCUT2D eigenvalue weighted by atomic mass is 16.5. The first-order chi connectivity index (χ1) is 25.8. The summed E-state index contributed by atoms with van der Waals surface area (Å²) < 4.78 is 13.4. The summed E-state index contributed by atoms with van der Waals surface area (Å²) in [4.78, 5) is 38.9. The number of aryl methyl sites for hydroxylation is 1. The van der Waals surface area contributed by atoms with Crippen LogP contribution in [0.4, 0.5) is 27.9 Å². The van der Waals surface area contributed by atoms with Crippen LogP contribution in [0.25, 0.3) is 16.5 Å². The third kappa shape index (κ3) is 9.17. The van der Waals surface area contributed by atoms with Gasteiger partial charge in [-0.15, -0.1) is 0 Å². The van der Waals surface area contributed by atoms with Gasteiger partial charge in [-0.1, -0.05) is 62.7 Å². The summed E-state index contributed by atoms with van der Waals surface area (Å²) in [5.41, 5.74) is 3.82. The molecule has 278 valence electrons. The molecule has 54 heavy (non-hydrogen) atoms. The van der Waals surface area contributed by atoms with E-state index in [1.165, 1.54) is 12.4 Å². The topological polar surface area (TPSA) is 157 Å². The minimum absolute atomic E-state index is 0.192. The number of hydrogen-bond acceptors (Lipinski definition) is 9. The molecule has 0 fully saturated rings. The Bertz CT molecular complexity index is 2260. The first kappa shape index (κ1) is 37.4. The second kappa shape index (κ2) is 15.7. The molecular weight excluding hydrogens is 683 g/mol. The fourth-order valence-corrected chi connectivity index (χ4v) is 5.39. The van der Waals surface area contributed by atoms with E-state index in [0.29, 0.717) is 35.4 Å². The SMILES string of the molecule is COC(C)(C)CNC(=O)c1cnc(Nc2cc(COc3ccc(NC(=O)Nc4cc(C(C)(C)C)nn4-c4ccc(C)cc4)c4ccccc34)ccn2)cn1. The number of ether oxygens (including phenoxy) is 2. The molecular formula is C41H45N9O4. The molecule has 13 heteroatoms. The van der Waals surface area contributed by atoms with Crippen LogP contribution in [0.2, 0.25) is 0 Å². The number of urea groups is 1. The average Bonchev–Trinajstić information content (AvgIpc) is 3.58. The van der Waals surface area contributed by atoms with Gasteiger partial charge in [0, 0.05) is 42.1 Å². The second-order valence-electron chi connectivity index (χ2n) is 14.5. The highest BCUT2D eigenvalue weighted by Crippen LogP contribution is 2.33. The van der Waals surface area contributed by atoms with Crippen LogP contribution in [0.5, 0.6) is 5.75 Å². The van der Waals surface area contributed by atoms with Crippen molar-refractivity contribution in [2.75, 3.05) is 29.6 Å². The first-order valence-electron chi connectivity index (χ1n) is 17.6. The number of benzene rings is 3. The summed E-state index contributed by atoms with van der Waals surface area (Å²) in [5.74, 6) is 1.85. The third-order valence-electron chi connectivity index (χ3n) is 8.72. The maximum atomic E-state index is 13.5. The highest BCUT2D eigenvalue weighted by Gasteiger charge is 2.22. The Labute approximate surface area is 314 Å². The van der Waals surface area contributed by atoms with Crippen molar-refractivity contribution in [3.05, 3.63) is 120 Å². The van der Waals surface area contributed by atoms with Crippen LogP contribution < -0.4 is 26.0 Å². The van der Waals surface area contributed by atoms with Crippen molar-refractivity contribution in [2.45, 2.75) is 59.2 Å². The predicted molar refractivity (Wildman–Crippen MR) is 211 cm³/mol. The van der Waals surface area contributed by atoms with E-state index >= 15 is 0 Å². The molecule has 0 radical (unpaired) electrons. The Balaban J connectivity index is 1.11. The second-order valence-corrected chi connectivity index (χ2v) is 14.5. The van der Waals surface area contributed by atoms with E-state index in [2.05, 4.69) is 57.0 Å². The Morgan fingerprint density at radius 1 is 0.815 bits per heavy atom. The Morgan fingerprint density at radius 3 is 2.28 bits per heavy atom. The number of aromatic nitrogens is 5. The van der Waals surface area contributed by atoms with Crippen molar-refractivity contribution >= 4 is 45.9 Å². The van der Waals surface area contributed by atoms with Gasteiger partial charge in [0.05, 0.1) is 35.1 Å². The summed E-state index contributed by atoms with van der Waals surface area (Å²) in [6.45, 7) is 12.6. The molecule has 0 aliphatic rings. The number of hydrogen-bond donors (Lipinski definition) is 4. The molecule has 0 saturated carbocycles. The van der Waals surface area contributed by atoms with Crippen LogP contribution in [-0.4, -0.2) is 55.9 Å². The van der Waals surface area contributed by atoms with Gasteiger partial charge in [-0.2, -0.15) is 5.10 Å². The number of fused-ring (bicyclic) bond motifs is 1. The van der Waals surface area contributed by atoms with Gasteiger partial charge in [-0.3, -0.25) is 10.1 Å². The molecule has 0 bridgehead atoms. The molecule has 3 heterocycles. The average molecular weight is 728 g/mol. The van der Waals surface area contributed by atoms with Crippen molar-refractivity contribution in [2.24, 2.45) is 0 Å². The van der Waals surface area contributed by atoms with Crippen LogP contribution >= 0.6 is 0 Å². The number of anilines is 4. The van der Waals surface area contributed by atoms with Crippen LogP contribution in [-0.2, 0) is 16.8 Å². The van der Waals surface area contributed by atoms with E-state index in [1.54, 1.807) is 18.0 Å². The largest absolute Gasteiger partial charge is 0.488 e. The van der Waals surface area contributed by atoms with E-state index < -0.39 is 11.6 Å². The van der Waals surface area contributed by atoms with Crippen LogP contribution in [0.15, 0.2) is 97.5 Å². The minimum Gasteiger partial charge on any atom is -0.488 e. The molecule has 0 aliphatic heterocycles. The molecule has 6 aromatic rings. The van der Waals surface area contributed by atoms with Gasteiger partial charge < -0.3 is 25.4 Å². The standard InChI is InChI=1S/C41H45N9O4/c1-26-12-14-28(15-13-26)50-37(21-34(49-50)40(2,3)4)48-39(52)46-31-16-17-33(30-11-9-8-10-29(30)31)54-24-27-18-19-42-35(20-27)47-36-23-43-32(22-44-36)38(51)45-25-41(5,6)53-7/h8-23H,24-25H2,1-7H3,(H,45,51)(H,42,44,47)(H2,46,48,52). The van der Waals surface area contributed by atoms with E-state index in [9.17, 15) is 9.59 Å². The zero-order valence-corrected chi connectivity index (χ0v) is 31.5. The predicted octanol–water partition coefficient (Wildman–Crippen LogP) is 7.94. The van der Waals surface area contributed by atoms with E-state index in [0.717, 1.165) is 33.3 Å². The van der Waals surface area contributed by atoms with Crippen molar-refractivity contribution < 1.29 is 19.1 Å². The fraction of sp³-hybridized carbons (Fsp3) is 0.268. The van der Waals surface area contributed by atoms with E-state index in [-0.39, 0.29) is 23.6 Å². The van der Waals surface area contributed by atoms with Gasteiger partial charge in [0.1, 0.15) is 35.5 Å². The van der Waals surface area contributed by atoms with Crippen LogP contribution in [0.1, 0.15) is 61.9 Å². The van der Waals surface area contributed by atoms with Gasteiger partial charge in [0.15, 0.2) is 0 Å². The zero-order chi connectivity index (χ0) is 38.5. The highest BCUT2D eigenvalue weighted by molar-refractivity contribution is 6.07. The lowest BCUT2D eigenvalue weighted by atomic mass is 9.92. The van der Waals surface area contributed by atoms with Crippen molar-refractivity contribution in [3.63, 3.8) is 0 Å². The minimum atomic E-state index is -0.497. The first-order valence-corrected chi connectivity index (χ1v) is 17.6. The molecule has 0 saturated heterocycles. The fourth-order valence-electron chi connectivity index (χ4n) is 5.39. The number of nitrogens with one attached hydrogen (secondary N) is 4. The third-order valence-corrected chi connectivity index (χ3v) is 8.72. The smallest absolute Gasteiger partial charge is 0.324 e. The maximum Gasteiger partial charge on any atom is 0.324 e. The maximum absolute atomic E-state index is 13.5. The monoisotopic (exact) mass is 727 g/mol. The number of nitrogens with zero attached hydrogens (tertiary/aromatic N) is 5. The Morgan fingerprint density at radius 2 is 1.57 bits per heavy atom. The molecule has 3 amide bonds. The number of pyridine rings is 1. The zero-order valence-electron chi connectivity index (χ0n) is 31.5. The summed E-state index contributed by atoms with van der Waals surface area (Å²) in [6, 6.07) is 24.6. The van der Waals surface area contributed by atoms with Gasteiger partial charge in [0.2, 0.25) is 0 Å². The molecule has 3 aromatic heterocycles. The molecule has 0 spiro atoms. The van der Waals surface area contributed by atoms with Gasteiger partial charge in [0.25, 0.3) is 5.91 Å². The van der Waals surface area contributed by atoms with E-state index in [4.69, 9.17) is 14.6 Å². The van der Waals surface area contributed by atoms with Gasteiger partial charge in [-0.25, -0.2) is 24.4 Å². The molecule has 4 N–H and O–H groups in total. The van der Waals surface area contributed by atoms with E-state index in [1.807, 2.05) is 99.6 Å². The van der Waals surface area contributed by atoms with Gasteiger partial charge >= 0.3 is 6.03 Å². The summed E-state index contributed by atoms with van der Waals surface area (Å²) in [7, 11) is 1.59. The molecule has 0 atom stereocenters. The molecule has 0 aliphatic carbocycles. The summed E-state index contributed by atoms with van der Waals surface area (Å²) in [5, 5.41) is 18.4. The molecule has 6 rings (SSSR count). The molecule has 3 aromatic carbocycles. The summed E-state index contributed by atoms with van der Waals surface area (Å²) >= 11 is 0. The molecule has 13 nitrogen and oxygen atoms in total. The normalized spacial score (nSPS) is 11.6. The Hall–Kier alpha value is -6.34. The number of amides is 3. The number of carbonyl (C=O) groups excluding carboxylic acids is 2. The Kier molecular flexibility index (Phi) is 10.9. The quantitative estimate of drug-likeness (QED) is 0.0983. The van der Waals surface area contributed by atoms with Crippen LogP contribution in [0.3, 0.4) is 0 Å². The van der Waals surface area contributed by atoms with Crippen LogP contribution in [0, 0.1) is 6.92 Å². The van der Waals surface area contributed by atoms with Crippen molar-refractivity contribution in [1.29, 1.82) is 0 Å². The number of rotatable bonds is 12. The lowest BCUT2D eigenvalue weighted by molar-refractivity contribution is 0.0228. The van der Waals surface area contributed by atoms with Crippen molar-refractivity contribution in [3.8, 4) is 11.4 Å². The lowest BCUT2D eigenvalue weighted by Crippen LogP contribution is -2.40. The molecule has 0 unspecified atom stereocenters. The number of carbonyl (C=O) groups is 2. The van der Waals surface area contributed by atoms with Gasteiger partial charge in [-0.05, 0) is 62.7 Å². The lowest BCUT2D eigenvalue weighted by Gasteiger charge is -2.22. The number of methoxy groups -OCH3 is 1. The van der Waals surface area contributed by atoms with Crippen molar-refractivity contribution in [1.82, 2.24) is 30.0 Å².